The van der Waals surface area contributed by atoms with Gasteiger partial charge in [-0.25, -0.2) is 9.97 Å². The monoisotopic (exact) mass is 719 g/mol. The van der Waals surface area contributed by atoms with Gasteiger partial charge in [-0.15, -0.1) is 0 Å². The maximum absolute atomic E-state index is 13.3. The average Bonchev–Trinajstić information content (AvgIpc) is 3.74. The summed E-state index contributed by atoms with van der Waals surface area (Å²) in [4.78, 5) is 79.8. The van der Waals surface area contributed by atoms with E-state index in [4.69, 9.17) is 10.7 Å². The Morgan fingerprint density at radius 1 is 0.849 bits per heavy atom. The Bertz CT molecular complexity index is 1940. The predicted octanol–water partition coefficient (Wildman–Crippen LogP) is 3.42. The van der Waals surface area contributed by atoms with Gasteiger partial charge >= 0.3 is 0 Å². The molecule has 14 nitrogen and oxygen atoms in total. The summed E-state index contributed by atoms with van der Waals surface area (Å²) in [6.45, 7) is 6.65. The number of nitrogens with two attached hydrogens (primary N) is 1. The Labute approximate surface area is 308 Å². The first-order valence-electron chi connectivity index (χ1n) is 18.8. The van der Waals surface area contributed by atoms with Crippen molar-refractivity contribution in [2.75, 3.05) is 60.9 Å². The minimum absolute atomic E-state index is 0.0967. The highest BCUT2D eigenvalue weighted by Gasteiger charge is 2.45. The quantitative estimate of drug-likeness (QED) is 0.277. The van der Waals surface area contributed by atoms with Crippen molar-refractivity contribution < 1.29 is 24.0 Å². The highest BCUT2D eigenvalue weighted by Crippen LogP contribution is 2.34. The molecule has 276 valence electrons. The van der Waals surface area contributed by atoms with Crippen LogP contribution in [0, 0.1) is 5.92 Å². The predicted molar refractivity (Wildman–Crippen MR) is 198 cm³/mol. The fraction of sp³-hybridized carbons (Fsp3) is 0.462. The summed E-state index contributed by atoms with van der Waals surface area (Å²) in [5, 5.41) is 5.54. The van der Waals surface area contributed by atoms with Crippen LogP contribution in [-0.4, -0.2) is 101 Å². The largest absolute Gasteiger partial charge is 0.371 e. The van der Waals surface area contributed by atoms with Gasteiger partial charge in [-0.1, -0.05) is 12.1 Å². The van der Waals surface area contributed by atoms with Crippen molar-refractivity contribution >= 4 is 52.5 Å². The molecule has 4 fully saturated rings. The molecule has 2 unspecified atom stereocenters. The van der Waals surface area contributed by atoms with Gasteiger partial charge < -0.3 is 25.8 Å². The standard InChI is InChI=1S/C39H45N9O5/c40-35(50)34-36(43-32(21-41-34)46-15-2-1-3-16-46)42-27-6-4-25(5-7-27)26-13-17-45(18-14-26)22-24-12-19-47(23-24)28-8-9-29-30(20-28)39(53)48(38(29)52)31-10-11-33(49)44-37(31)51/h4-9,20-21,24,26,31H,1-3,10-19,22-23H2,(H2,40,50)(H,42,43)(H,44,49,51). The molecule has 0 saturated carbocycles. The van der Waals surface area contributed by atoms with E-state index in [1.807, 2.05) is 18.2 Å². The molecule has 0 aliphatic carbocycles. The van der Waals surface area contributed by atoms with Crippen molar-refractivity contribution in [3.05, 3.63) is 71.0 Å². The number of likely N-dealkylation sites (tertiary alicyclic amines) is 1. The topological polar surface area (TPSA) is 174 Å². The zero-order valence-corrected chi connectivity index (χ0v) is 29.8. The molecule has 0 radical (unpaired) electrons. The number of amides is 5. The molecule has 1 aromatic heterocycles. The molecule has 5 amide bonds. The minimum atomic E-state index is -0.967. The molecule has 4 saturated heterocycles. The van der Waals surface area contributed by atoms with Gasteiger partial charge in [0.05, 0.1) is 17.3 Å². The fourth-order valence-electron chi connectivity index (χ4n) is 8.58. The van der Waals surface area contributed by atoms with Crippen LogP contribution in [0.2, 0.25) is 0 Å². The molecule has 8 rings (SSSR count). The molecule has 4 N–H and O–H groups in total. The van der Waals surface area contributed by atoms with Gasteiger partial charge in [0.1, 0.15) is 11.9 Å². The molecule has 5 aliphatic rings. The summed E-state index contributed by atoms with van der Waals surface area (Å²) in [5.41, 5.74) is 9.41. The Morgan fingerprint density at radius 2 is 1.60 bits per heavy atom. The lowest BCUT2D eigenvalue weighted by molar-refractivity contribution is -0.136. The van der Waals surface area contributed by atoms with E-state index in [0.717, 1.165) is 100 Å². The van der Waals surface area contributed by atoms with Crippen LogP contribution in [0.5, 0.6) is 0 Å². The molecule has 2 aromatic carbocycles. The van der Waals surface area contributed by atoms with Crippen LogP contribution in [-0.2, 0) is 9.59 Å². The average molecular weight is 720 g/mol. The highest BCUT2D eigenvalue weighted by atomic mass is 16.2. The zero-order chi connectivity index (χ0) is 36.6. The van der Waals surface area contributed by atoms with Crippen molar-refractivity contribution in [1.82, 2.24) is 25.1 Å². The van der Waals surface area contributed by atoms with Crippen molar-refractivity contribution in [3.8, 4) is 0 Å². The zero-order valence-electron chi connectivity index (χ0n) is 29.8. The van der Waals surface area contributed by atoms with Crippen LogP contribution in [0.1, 0.15) is 94.1 Å². The second kappa shape index (κ2) is 14.6. The summed E-state index contributed by atoms with van der Waals surface area (Å²) in [7, 11) is 0. The number of hydrogen-bond donors (Lipinski definition) is 3. The Hall–Kier alpha value is -5.37. The summed E-state index contributed by atoms with van der Waals surface area (Å²) in [5.74, 6) is -0.474. The Morgan fingerprint density at radius 3 is 2.34 bits per heavy atom. The van der Waals surface area contributed by atoms with E-state index in [2.05, 4.69) is 42.5 Å². The van der Waals surface area contributed by atoms with E-state index < -0.39 is 29.7 Å². The number of imide groups is 2. The van der Waals surface area contributed by atoms with Gasteiger partial charge in [0.2, 0.25) is 11.8 Å². The number of benzene rings is 2. The van der Waals surface area contributed by atoms with Crippen LogP contribution < -0.4 is 26.2 Å². The van der Waals surface area contributed by atoms with Gasteiger partial charge in [0, 0.05) is 50.5 Å². The van der Waals surface area contributed by atoms with E-state index in [9.17, 15) is 24.0 Å². The molecular weight excluding hydrogens is 674 g/mol. The summed E-state index contributed by atoms with van der Waals surface area (Å²) < 4.78 is 0. The first-order chi connectivity index (χ1) is 25.7. The number of anilines is 4. The number of hydrogen-bond acceptors (Lipinski definition) is 11. The van der Waals surface area contributed by atoms with Crippen LogP contribution in [0.3, 0.4) is 0 Å². The molecule has 2 atom stereocenters. The maximum Gasteiger partial charge on any atom is 0.271 e. The lowest BCUT2D eigenvalue weighted by atomic mass is 9.89. The molecule has 0 bridgehead atoms. The number of aromatic nitrogens is 2. The second-order valence-electron chi connectivity index (χ2n) is 14.9. The van der Waals surface area contributed by atoms with Gasteiger partial charge in [-0.05, 0) is 106 Å². The number of nitrogens with one attached hydrogen (secondary N) is 2. The smallest absolute Gasteiger partial charge is 0.271 e. The molecule has 6 heterocycles. The first kappa shape index (κ1) is 34.7. The molecule has 0 spiro atoms. The normalized spacial score (nSPS) is 22.7. The number of carbonyl (C=O) groups excluding carboxylic acids is 5. The van der Waals surface area contributed by atoms with Gasteiger partial charge in [-0.3, -0.25) is 34.2 Å². The van der Waals surface area contributed by atoms with Gasteiger partial charge in [0.25, 0.3) is 17.7 Å². The lowest BCUT2D eigenvalue weighted by Gasteiger charge is -2.34. The number of piperidine rings is 3. The van der Waals surface area contributed by atoms with E-state index >= 15 is 0 Å². The molecule has 3 aromatic rings. The summed E-state index contributed by atoms with van der Waals surface area (Å²) in [6, 6.07) is 12.8. The van der Waals surface area contributed by atoms with Crippen molar-refractivity contribution in [3.63, 3.8) is 0 Å². The first-order valence-corrected chi connectivity index (χ1v) is 18.8. The third-order valence-corrected chi connectivity index (χ3v) is 11.5. The lowest BCUT2D eigenvalue weighted by Crippen LogP contribution is -2.54. The molecule has 53 heavy (non-hydrogen) atoms. The minimum Gasteiger partial charge on any atom is -0.371 e. The Balaban J connectivity index is 0.835. The highest BCUT2D eigenvalue weighted by molar-refractivity contribution is 6.23. The molecule has 14 heteroatoms. The van der Waals surface area contributed by atoms with E-state index in [1.54, 1.807) is 18.3 Å². The third kappa shape index (κ3) is 7.07. The molecular formula is C39H45N9O5. The summed E-state index contributed by atoms with van der Waals surface area (Å²) in [6.07, 6.45) is 8.51. The van der Waals surface area contributed by atoms with Crippen molar-refractivity contribution in [2.45, 2.75) is 63.3 Å². The van der Waals surface area contributed by atoms with E-state index in [0.29, 0.717) is 28.8 Å². The van der Waals surface area contributed by atoms with E-state index in [1.165, 1.54) is 12.0 Å². The van der Waals surface area contributed by atoms with Crippen LogP contribution in [0.4, 0.5) is 23.0 Å². The van der Waals surface area contributed by atoms with Gasteiger partial charge in [-0.2, -0.15) is 0 Å². The summed E-state index contributed by atoms with van der Waals surface area (Å²) >= 11 is 0. The SMILES string of the molecule is NC(=O)c1ncc(N2CCCCC2)nc1Nc1ccc(C2CCN(CC3CCN(c4ccc5c(c4)C(=O)N(C4CCC(=O)NC4=O)C5=O)C3)CC2)cc1. The van der Waals surface area contributed by atoms with Crippen LogP contribution in [0.15, 0.2) is 48.7 Å². The third-order valence-electron chi connectivity index (χ3n) is 11.5. The van der Waals surface area contributed by atoms with Crippen LogP contribution >= 0.6 is 0 Å². The van der Waals surface area contributed by atoms with Gasteiger partial charge in [0.15, 0.2) is 11.5 Å². The molecule has 5 aliphatic heterocycles. The van der Waals surface area contributed by atoms with Crippen molar-refractivity contribution in [2.24, 2.45) is 11.7 Å². The number of carbonyl (C=O) groups is 5. The second-order valence-corrected chi connectivity index (χ2v) is 14.9. The van der Waals surface area contributed by atoms with Crippen molar-refractivity contribution in [1.29, 1.82) is 0 Å². The maximum atomic E-state index is 13.3. The number of nitrogens with zero attached hydrogens (tertiary/aromatic N) is 6. The Kier molecular flexibility index (Phi) is 9.54. The van der Waals surface area contributed by atoms with Crippen LogP contribution in [0.25, 0.3) is 0 Å². The number of rotatable bonds is 9. The number of fused-ring (bicyclic) bond motifs is 1. The van der Waals surface area contributed by atoms with E-state index in [-0.39, 0.29) is 24.4 Å². The fourth-order valence-corrected chi connectivity index (χ4v) is 8.58. The number of primary amides is 1.